The van der Waals surface area contributed by atoms with Gasteiger partial charge in [-0.2, -0.15) is 0 Å². The number of fused-ring (bicyclic) bond motifs is 1. The van der Waals surface area contributed by atoms with Crippen LogP contribution in [0.2, 0.25) is 0 Å². The molecule has 2 aromatic heterocycles. The van der Waals surface area contributed by atoms with Crippen LogP contribution in [0.15, 0.2) is 40.2 Å². The molecule has 29 heavy (non-hydrogen) atoms. The maximum Gasteiger partial charge on any atom is 0.337 e. The SMILES string of the molecule is CCC(=O)Cn1cnc2c1c(=O)n(C1CCCC1)c(=O)n2-c1ccccc1OC. The van der Waals surface area contributed by atoms with E-state index in [-0.39, 0.29) is 35.1 Å². The summed E-state index contributed by atoms with van der Waals surface area (Å²) in [5.74, 6) is 0.498. The summed E-state index contributed by atoms with van der Waals surface area (Å²) in [6.07, 6.45) is 5.36. The number of hydrogen-bond donors (Lipinski definition) is 0. The number of para-hydroxylation sites is 2. The number of benzene rings is 1. The Morgan fingerprint density at radius 3 is 2.62 bits per heavy atom. The molecule has 2 heterocycles. The number of rotatable bonds is 6. The molecule has 0 bridgehead atoms. The van der Waals surface area contributed by atoms with Crippen molar-refractivity contribution in [2.75, 3.05) is 7.11 Å². The number of carbonyl (C=O) groups excluding carboxylic acids is 1. The summed E-state index contributed by atoms with van der Waals surface area (Å²) in [5.41, 5.74) is 0.214. The lowest BCUT2D eigenvalue weighted by Crippen LogP contribution is -2.42. The van der Waals surface area contributed by atoms with Crippen molar-refractivity contribution in [3.63, 3.8) is 0 Å². The van der Waals surface area contributed by atoms with Gasteiger partial charge in [-0.3, -0.25) is 14.2 Å². The second kappa shape index (κ2) is 7.69. The standard InChI is InChI=1S/C21H24N4O4/c1-3-15(26)12-23-13-22-19-18(23)20(27)24(14-8-4-5-9-14)21(28)25(19)16-10-6-7-11-17(16)29-2/h6-7,10-11,13-14H,3-5,8-9,12H2,1-2H3. The van der Waals surface area contributed by atoms with E-state index in [1.54, 1.807) is 29.7 Å². The molecule has 1 saturated carbocycles. The largest absolute Gasteiger partial charge is 0.495 e. The average molecular weight is 396 g/mol. The van der Waals surface area contributed by atoms with Crippen molar-refractivity contribution >= 4 is 16.9 Å². The second-order valence-electron chi connectivity index (χ2n) is 7.34. The first-order valence-corrected chi connectivity index (χ1v) is 9.94. The Hall–Kier alpha value is -3.16. The fourth-order valence-corrected chi connectivity index (χ4v) is 4.09. The minimum atomic E-state index is -0.425. The third kappa shape index (κ3) is 3.18. The minimum absolute atomic E-state index is 0.00819. The fraction of sp³-hybridized carbons (Fsp3) is 0.429. The van der Waals surface area contributed by atoms with E-state index in [1.165, 1.54) is 22.6 Å². The zero-order chi connectivity index (χ0) is 20.5. The van der Waals surface area contributed by atoms with Crippen molar-refractivity contribution in [3.8, 4) is 11.4 Å². The molecule has 0 atom stereocenters. The quantitative estimate of drug-likeness (QED) is 0.639. The maximum absolute atomic E-state index is 13.5. The van der Waals surface area contributed by atoms with Gasteiger partial charge in [0.25, 0.3) is 5.56 Å². The van der Waals surface area contributed by atoms with Gasteiger partial charge >= 0.3 is 5.69 Å². The number of carbonyl (C=O) groups is 1. The van der Waals surface area contributed by atoms with Crippen molar-refractivity contribution in [2.24, 2.45) is 0 Å². The fourth-order valence-electron chi connectivity index (χ4n) is 4.09. The first kappa shape index (κ1) is 19.2. The Balaban J connectivity index is 2.08. The maximum atomic E-state index is 13.5. The highest BCUT2D eigenvalue weighted by molar-refractivity contribution is 5.81. The Morgan fingerprint density at radius 1 is 1.21 bits per heavy atom. The summed E-state index contributed by atoms with van der Waals surface area (Å²) in [4.78, 5) is 43.3. The lowest BCUT2D eigenvalue weighted by atomic mass is 10.2. The van der Waals surface area contributed by atoms with Crippen LogP contribution in [0.3, 0.4) is 0 Å². The summed E-state index contributed by atoms with van der Waals surface area (Å²) in [6, 6.07) is 7.00. The van der Waals surface area contributed by atoms with Gasteiger partial charge in [-0.15, -0.1) is 0 Å². The van der Waals surface area contributed by atoms with Crippen LogP contribution in [0.1, 0.15) is 45.1 Å². The van der Waals surface area contributed by atoms with E-state index >= 15 is 0 Å². The van der Waals surface area contributed by atoms with Gasteiger partial charge in [-0.1, -0.05) is 31.9 Å². The number of ketones is 1. The van der Waals surface area contributed by atoms with E-state index in [9.17, 15) is 14.4 Å². The van der Waals surface area contributed by atoms with E-state index in [0.29, 0.717) is 17.9 Å². The molecule has 0 amide bonds. The average Bonchev–Trinajstić information content (AvgIpc) is 3.39. The molecular formula is C21H24N4O4. The molecule has 1 aliphatic rings. The Kier molecular flexibility index (Phi) is 5.08. The summed E-state index contributed by atoms with van der Waals surface area (Å²) < 4.78 is 9.78. The Bertz CT molecular complexity index is 1180. The van der Waals surface area contributed by atoms with Crippen LogP contribution in [-0.4, -0.2) is 31.6 Å². The van der Waals surface area contributed by atoms with Gasteiger partial charge in [-0.25, -0.2) is 14.3 Å². The van der Waals surface area contributed by atoms with Gasteiger partial charge in [0.2, 0.25) is 0 Å². The van der Waals surface area contributed by atoms with Gasteiger partial charge in [0.1, 0.15) is 5.75 Å². The van der Waals surface area contributed by atoms with Crippen molar-refractivity contribution in [3.05, 3.63) is 51.4 Å². The molecule has 0 radical (unpaired) electrons. The zero-order valence-corrected chi connectivity index (χ0v) is 16.6. The summed E-state index contributed by atoms with van der Waals surface area (Å²) in [7, 11) is 1.53. The van der Waals surface area contributed by atoms with Gasteiger partial charge < -0.3 is 9.30 Å². The number of aromatic nitrogens is 4. The van der Waals surface area contributed by atoms with Crippen LogP contribution >= 0.6 is 0 Å². The summed E-state index contributed by atoms with van der Waals surface area (Å²) in [5, 5.41) is 0. The molecule has 4 rings (SSSR count). The first-order chi connectivity index (χ1) is 14.1. The highest BCUT2D eigenvalue weighted by Gasteiger charge is 2.27. The Morgan fingerprint density at radius 2 is 1.93 bits per heavy atom. The number of nitrogens with zero attached hydrogens (tertiary/aromatic N) is 4. The van der Waals surface area contributed by atoms with Gasteiger partial charge in [-0.05, 0) is 25.0 Å². The zero-order valence-electron chi connectivity index (χ0n) is 16.6. The van der Waals surface area contributed by atoms with Gasteiger partial charge in [0.15, 0.2) is 16.9 Å². The van der Waals surface area contributed by atoms with E-state index in [0.717, 1.165) is 25.7 Å². The lowest BCUT2D eigenvalue weighted by Gasteiger charge is -2.18. The van der Waals surface area contributed by atoms with Gasteiger partial charge in [0, 0.05) is 12.5 Å². The number of imidazole rings is 1. The third-order valence-electron chi connectivity index (χ3n) is 5.61. The normalized spacial score (nSPS) is 14.6. The van der Waals surface area contributed by atoms with E-state index in [1.807, 2.05) is 6.07 Å². The van der Waals surface area contributed by atoms with Crippen molar-refractivity contribution in [1.29, 1.82) is 0 Å². The van der Waals surface area contributed by atoms with E-state index in [2.05, 4.69) is 4.98 Å². The molecule has 0 unspecified atom stereocenters. The molecule has 1 aliphatic carbocycles. The smallest absolute Gasteiger partial charge is 0.337 e. The first-order valence-electron chi connectivity index (χ1n) is 9.94. The predicted octanol–water partition coefficient (Wildman–Crippen LogP) is 2.45. The van der Waals surface area contributed by atoms with Crippen molar-refractivity contribution in [1.82, 2.24) is 18.7 Å². The molecular weight excluding hydrogens is 372 g/mol. The minimum Gasteiger partial charge on any atom is -0.495 e. The number of hydrogen-bond acceptors (Lipinski definition) is 5. The molecule has 0 spiro atoms. The molecule has 0 saturated heterocycles. The van der Waals surface area contributed by atoms with E-state index in [4.69, 9.17) is 4.74 Å². The molecule has 0 aliphatic heterocycles. The van der Waals surface area contributed by atoms with Crippen LogP contribution in [0.4, 0.5) is 0 Å². The molecule has 1 aromatic carbocycles. The molecule has 8 heteroatoms. The topological polar surface area (TPSA) is 88.1 Å². The van der Waals surface area contributed by atoms with Gasteiger partial charge in [0.05, 0.1) is 25.7 Å². The van der Waals surface area contributed by atoms with E-state index < -0.39 is 5.69 Å². The lowest BCUT2D eigenvalue weighted by molar-refractivity contribution is -0.119. The van der Waals surface area contributed by atoms with Crippen molar-refractivity contribution in [2.45, 2.75) is 51.6 Å². The highest BCUT2D eigenvalue weighted by Crippen LogP contribution is 2.29. The summed E-state index contributed by atoms with van der Waals surface area (Å²) in [6.45, 7) is 1.83. The Labute approximate surface area is 167 Å². The van der Waals surface area contributed by atoms with Crippen LogP contribution < -0.4 is 16.0 Å². The number of Topliss-reactive ketones (excluding diaryl/α,β-unsaturated/α-hetero) is 1. The predicted molar refractivity (Wildman–Crippen MR) is 109 cm³/mol. The van der Waals surface area contributed by atoms with Crippen LogP contribution in [0.25, 0.3) is 16.9 Å². The molecule has 8 nitrogen and oxygen atoms in total. The van der Waals surface area contributed by atoms with Crippen molar-refractivity contribution < 1.29 is 9.53 Å². The van der Waals surface area contributed by atoms with Crippen LogP contribution in [-0.2, 0) is 11.3 Å². The number of ether oxygens (including phenoxy) is 1. The third-order valence-corrected chi connectivity index (χ3v) is 5.61. The summed E-state index contributed by atoms with van der Waals surface area (Å²) >= 11 is 0. The molecule has 1 fully saturated rings. The number of methoxy groups -OCH3 is 1. The van der Waals surface area contributed by atoms with Crippen LogP contribution in [0.5, 0.6) is 5.75 Å². The molecule has 152 valence electrons. The second-order valence-corrected chi connectivity index (χ2v) is 7.34. The van der Waals surface area contributed by atoms with Crippen LogP contribution in [0, 0.1) is 0 Å². The monoisotopic (exact) mass is 396 g/mol. The highest BCUT2D eigenvalue weighted by atomic mass is 16.5. The molecule has 3 aromatic rings. The molecule has 0 N–H and O–H groups in total.